The first-order valence-electron chi connectivity index (χ1n) is 9.39. The van der Waals surface area contributed by atoms with E-state index in [1.54, 1.807) is 0 Å². The number of ether oxygens (including phenoxy) is 2. The van der Waals surface area contributed by atoms with Crippen molar-refractivity contribution in [2.24, 2.45) is 5.92 Å². The van der Waals surface area contributed by atoms with E-state index in [4.69, 9.17) is 9.47 Å². The highest BCUT2D eigenvalue weighted by atomic mass is 16.7. The second-order valence-corrected chi connectivity index (χ2v) is 7.38. The number of carbonyl (C=O) groups excluding carboxylic acids is 2. The Bertz CT molecular complexity index is 616. The van der Waals surface area contributed by atoms with Crippen LogP contribution in [-0.4, -0.2) is 54.8 Å². The van der Waals surface area contributed by atoms with Crippen LogP contribution < -0.4 is 5.32 Å². The van der Waals surface area contributed by atoms with Gasteiger partial charge in [-0.2, -0.15) is 0 Å². The minimum Gasteiger partial charge on any atom is -0.347 e. The van der Waals surface area contributed by atoms with Crippen LogP contribution in [0.5, 0.6) is 0 Å². The average molecular weight is 360 g/mol. The van der Waals surface area contributed by atoms with Crippen LogP contribution in [0.15, 0.2) is 30.3 Å². The fourth-order valence-corrected chi connectivity index (χ4v) is 3.57. The standard InChI is InChI=1S/C20H28N2O4/c1-15(2)18(21-17(23)14-16-6-4-3-5-7-16)19(24)22-10-8-20(9-11-22)25-12-13-26-20/h3-7,15,18H,8-14H2,1-2H3,(H,21,23). The van der Waals surface area contributed by atoms with Gasteiger partial charge in [0.1, 0.15) is 6.04 Å². The maximum absolute atomic E-state index is 13.0. The molecule has 1 unspecified atom stereocenters. The second kappa shape index (κ2) is 8.18. The van der Waals surface area contributed by atoms with Crippen LogP contribution in [-0.2, 0) is 25.5 Å². The van der Waals surface area contributed by atoms with Crippen molar-refractivity contribution in [2.45, 2.75) is 44.9 Å². The number of nitrogens with zero attached hydrogens (tertiary/aromatic N) is 1. The van der Waals surface area contributed by atoms with E-state index in [-0.39, 0.29) is 24.2 Å². The van der Waals surface area contributed by atoms with Crippen LogP contribution in [0.3, 0.4) is 0 Å². The molecule has 0 bridgehead atoms. The summed E-state index contributed by atoms with van der Waals surface area (Å²) < 4.78 is 11.4. The first kappa shape index (κ1) is 18.9. The summed E-state index contributed by atoms with van der Waals surface area (Å²) in [6.45, 7) is 6.35. The highest BCUT2D eigenvalue weighted by Crippen LogP contribution is 2.31. The Morgan fingerprint density at radius 1 is 1.12 bits per heavy atom. The molecule has 6 nitrogen and oxygen atoms in total. The summed E-state index contributed by atoms with van der Waals surface area (Å²) in [4.78, 5) is 27.2. The van der Waals surface area contributed by atoms with Gasteiger partial charge in [0, 0.05) is 25.9 Å². The number of hydrogen-bond donors (Lipinski definition) is 1. The Balaban J connectivity index is 1.57. The zero-order valence-corrected chi connectivity index (χ0v) is 15.6. The van der Waals surface area contributed by atoms with Gasteiger partial charge in [-0.05, 0) is 11.5 Å². The minimum atomic E-state index is -0.509. The monoisotopic (exact) mass is 360 g/mol. The summed E-state index contributed by atoms with van der Waals surface area (Å²) in [6, 6.07) is 9.05. The molecule has 1 spiro atoms. The van der Waals surface area contributed by atoms with Crippen molar-refractivity contribution in [1.29, 1.82) is 0 Å². The molecule has 0 radical (unpaired) electrons. The van der Waals surface area contributed by atoms with E-state index < -0.39 is 11.8 Å². The molecule has 2 aliphatic rings. The maximum Gasteiger partial charge on any atom is 0.245 e. The van der Waals surface area contributed by atoms with Crippen molar-refractivity contribution in [3.63, 3.8) is 0 Å². The van der Waals surface area contributed by atoms with Crippen LogP contribution in [0, 0.1) is 5.92 Å². The van der Waals surface area contributed by atoms with Gasteiger partial charge in [0.2, 0.25) is 11.8 Å². The van der Waals surface area contributed by atoms with Crippen LogP contribution in [0.4, 0.5) is 0 Å². The van der Waals surface area contributed by atoms with E-state index in [0.717, 1.165) is 5.56 Å². The first-order valence-corrected chi connectivity index (χ1v) is 9.39. The van der Waals surface area contributed by atoms with E-state index in [1.165, 1.54) is 0 Å². The molecule has 2 aliphatic heterocycles. The molecule has 1 aromatic rings. The number of carbonyl (C=O) groups is 2. The summed E-state index contributed by atoms with van der Waals surface area (Å²) in [5.41, 5.74) is 0.940. The van der Waals surface area contributed by atoms with Crippen LogP contribution >= 0.6 is 0 Å². The van der Waals surface area contributed by atoms with Crippen LogP contribution in [0.2, 0.25) is 0 Å². The van der Waals surface area contributed by atoms with Crippen molar-refractivity contribution in [3.8, 4) is 0 Å². The minimum absolute atomic E-state index is 0.0192. The van der Waals surface area contributed by atoms with Crippen LogP contribution in [0.1, 0.15) is 32.3 Å². The smallest absolute Gasteiger partial charge is 0.245 e. The predicted molar refractivity (Wildman–Crippen MR) is 97.4 cm³/mol. The molecule has 1 N–H and O–H groups in total. The Labute approximate surface area is 154 Å². The molecule has 2 amide bonds. The van der Waals surface area contributed by atoms with Gasteiger partial charge in [0.25, 0.3) is 0 Å². The number of piperidine rings is 1. The van der Waals surface area contributed by atoms with Gasteiger partial charge in [0.05, 0.1) is 19.6 Å². The van der Waals surface area contributed by atoms with E-state index in [0.29, 0.717) is 39.1 Å². The largest absolute Gasteiger partial charge is 0.347 e. The molecule has 1 atom stereocenters. The summed E-state index contributed by atoms with van der Waals surface area (Å²) >= 11 is 0. The third-order valence-corrected chi connectivity index (χ3v) is 5.11. The van der Waals surface area contributed by atoms with E-state index in [2.05, 4.69) is 5.32 Å². The van der Waals surface area contributed by atoms with Crippen LogP contribution in [0.25, 0.3) is 0 Å². The number of rotatable bonds is 5. The predicted octanol–water partition coefficient (Wildman–Crippen LogP) is 1.74. The number of amides is 2. The van der Waals surface area contributed by atoms with Crippen molar-refractivity contribution in [3.05, 3.63) is 35.9 Å². The highest BCUT2D eigenvalue weighted by molar-refractivity contribution is 5.88. The molecule has 0 saturated carbocycles. The SMILES string of the molecule is CC(C)C(NC(=O)Cc1ccccc1)C(=O)N1CCC2(CC1)OCCO2. The Morgan fingerprint density at radius 3 is 2.31 bits per heavy atom. The van der Waals surface area contributed by atoms with Gasteiger partial charge in [-0.25, -0.2) is 0 Å². The highest BCUT2D eigenvalue weighted by Gasteiger charge is 2.42. The third-order valence-electron chi connectivity index (χ3n) is 5.11. The fourth-order valence-electron chi connectivity index (χ4n) is 3.57. The van der Waals surface area contributed by atoms with Crippen molar-refractivity contribution in [1.82, 2.24) is 10.2 Å². The topological polar surface area (TPSA) is 67.9 Å². The van der Waals surface area contributed by atoms with E-state index in [1.807, 2.05) is 49.1 Å². The Kier molecular flexibility index (Phi) is 5.94. The van der Waals surface area contributed by atoms with Crippen molar-refractivity contribution >= 4 is 11.8 Å². The summed E-state index contributed by atoms with van der Waals surface area (Å²) in [5, 5.41) is 2.93. The van der Waals surface area contributed by atoms with Crippen molar-refractivity contribution < 1.29 is 19.1 Å². The quantitative estimate of drug-likeness (QED) is 0.868. The number of nitrogens with one attached hydrogen (secondary N) is 1. The molecule has 0 aromatic heterocycles. The Morgan fingerprint density at radius 2 is 1.73 bits per heavy atom. The zero-order chi connectivity index (χ0) is 18.6. The molecule has 0 aliphatic carbocycles. The van der Waals surface area contributed by atoms with Gasteiger partial charge in [-0.3, -0.25) is 9.59 Å². The molecular weight excluding hydrogens is 332 g/mol. The van der Waals surface area contributed by atoms with E-state index >= 15 is 0 Å². The summed E-state index contributed by atoms with van der Waals surface area (Å²) in [6.07, 6.45) is 1.64. The lowest BCUT2D eigenvalue weighted by Gasteiger charge is -2.39. The molecule has 2 heterocycles. The lowest BCUT2D eigenvalue weighted by atomic mass is 9.98. The maximum atomic E-state index is 13.0. The number of benzene rings is 1. The zero-order valence-electron chi connectivity index (χ0n) is 15.6. The fraction of sp³-hybridized carbons (Fsp3) is 0.600. The summed E-state index contributed by atoms with van der Waals surface area (Å²) in [7, 11) is 0. The molecule has 2 saturated heterocycles. The molecule has 2 fully saturated rings. The second-order valence-electron chi connectivity index (χ2n) is 7.38. The lowest BCUT2D eigenvalue weighted by molar-refractivity contribution is -0.188. The third kappa shape index (κ3) is 4.43. The molecular formula is C20H28N2O4. The average Bonchev–Trinajstić information content (AvgIpc) is 3.08. The number of hydrogen-bond acceptors (Lipinski definition) is 4. The van der Waals surface area contributed by atoms with Crippen molar-refractivity contribution in [2.75, 3.05) is 26.3 Å². The normalized spacial score (nSPS) is 20.3. The molecule has 3 rings (SSSR count). The van der Waals surface area contributed by atoms with Gasteiger partial charge in [0.15, 0.2) is 5.79 Å². The first-order chi connectivity index (χ1) is 12.5. The molecule has 142 valence electrons. The van der Waals surface area contributed by atoms with E-state index in [9.17, 15) is 9.59 Å². The van der Waals surface area contributed by atoms with Gasteiger partial charge in [-0.1, -0.05) is 44.2 Å². The Hall–Kier alpha value is -1.92. The number of likely N-dealkylation sites (tertiary alicyclic amines) is 1. The summed E-state index contributed by atoms with van der Waals surface area (Å²) in [5.74, 6) is -0.619. The van der Waals surface area contributed by atoms with Gasteiger partial charge >= 0.3 is 0 Å². The van der Waals surface area contributed by atoms with Gasteiger partial charge in [-0.15, -0.1) is 0 Å². The molecule has 26 heavy (non-hydrogen) atoms. The molecule has 6 heteroatoms. The van der Waals surface area contributed by atoms with Gasteiger partial charge < -0.3 is 19.7 Å². The lowest BCUT2D eigenvalue weighted by Crippen LogP contribution is -2.55. The molecule has 1 aromatic carbocycles.